The number of aromatic nitrogens is 2. The van der Waals surface area contributed by atoms with Crippen LogP contribution < -0.4 is 9.47 Å². The number of fused-ring (bicyclic) bond motifs is 2. The van der Waals surface area contributed by atoms with Gasteiger partial charge >= 0.3 is 0 Å². The lowest BCUT2D eigenvalue weighted by Gasteiger charge is -2.27. The van der Waals surface area contributed by atoms with Crippen LogP contribution in [0.15, 0.2) is 52.9 Å². The molecule has 4 aromatic rings. The van der Waals surface area contributed by atoms with Crippen molar-refractivity contribution in [1.82, 2.24) is 9.55 Å². The monoisotopic (exact) mass is 484 g/mol. The van der Waals surface area contributed by atoms with Crippen LogP contribution in [0.2, 0.25) is 5.02 Å². The first-order valence-corrected chi connectivity index (χ1v) is 12.4. The Balaban J connectivity index is 1.27. The Hall–Kier alpha value is -2.48. The van der Waals surface area contributed by atoms with Gasteiger partial charge in [0, 0.05) is 22.0 Å². The van der Waals surface area contributed by atoms with E-state index in [4.69, 9.17) is 21.1 Å². The number of halogens is 1. The third-order valence-corrected chi connectivity index (χ3v) is 7.90. The molecule has 0 aliphatic carbocycles. The molecule has 5 rings (SSSR count). The van der Waals surface area contributed by atoms with Gasteiger partial charge < -0.3 is 14.0 Å². The van der Waals surface area contributed by atoms with Crippen molar-refractivity contribution in [3.8, 4) is 11.5 Å². The molecule has 1 aliphatic heterocycles. The Morgan fingerprint density at radius 1 is 1.22 bits per heavy atom. The number of nitrogens with zero attached hydrogens (tertiary/aromatic N) is 2. The van der Waals surface area contributed by atoms with Gasteiger partial charge in [-0.3, -0.25) is 4.79 Å². The minimum atomic E-state index is -0.110. The summed E-state index contributed by atoms with van der Waals surface area (Å²) in [7, 11) is 0. The predicted molar refractivity (Wildman–Crippen MR) is 130 cm³/mol. The van der Waals surface area contributed by atoms with Crippen LogP contribution >= 0.6 is 34.7 Å². The molecular formula is C24H21ClN2O3S2. The van der Waals surface area contributed by atoms with E-state index < -0.39 is 0 Å². The molecule has 1 aliphatic rings. The van der Waals surface area contributed by atoms with E-state index in [0.717, 1.165) is 43.0 Å². The second-order valence-electron chi connectivity index (χ2n) is 7.70. The molecule has 164 valence electrons. The smallest absolute Gasteiger partial charge is 0.174 e. The number of rotatable bonds is 6. The molecule has 0 fully saturated rings. The highest BCUT2D eigenvalue weighted by Gasteiger charge is 2.24. The third kappa shape index (κ3) is 4.25. The van der Waals surface area contributed by atoms with Gasteiger partial charge in [-0.25, -0.2) is 4.98 Å². The number of hydrogen-bond donors (Lipinski definition) is 0. The standard InChI is InChI=1S/C24H21ClN2O3S2/c1-14-9-18(20(28)13-31-24-26-19-10-16(25)7-8-23(19)32-24)15(2)27(14)11-17-12-29-21-5-3-4-6-22(21)30-17/h3-10,17H,11-13H2,1-2H3. The van der Waals surface area contributed by atoms with E-state index in [-0.39, 0.29) is 11.9 Å². The molecule has 0 spiro atoms. The van der Waals surface area contributed by atoms with Crippen molar-refractivity contribution < 1.29 is 14.3 Å². The molecule has 8 heteroatoms. The molecule has 1 atom stereocenters. The number of thioether (sulfide) groups is 1. The van der Waals surface area contributed by atoms with Gasteiger partial charge in [-0.2, -0.15) is 0 Å². The minimum absolute atomic E-state index is 0.0952. The van der Waals surface area contributed by atoms with Crippen LogP contribution in [0.5, 0.6) is 11.5 Å². The van der Waals surface area contributed by atoms with Crippen molar-refractivity contribution in [1.29, 1.82) is 0 Å². The van der Waals surface area contributed by atoms with Gasteiger partial charge in [-0.15, -0.1) is 11.3 Å². The van der Waals surface area contributed by atoms with Gasteiger partial charge in [-0.05, 0) is 50.2 Å². The molecular weight excluding hydrogens is 464 g/mol. The lowest BCUT2D eigenvalue weighted by Crippen LogP contribution is -2.33. The summed E-state index contributed by atoms with van der Waals surface area (Å²) in [6.45, 7) is 5.12. The van der Waals surface area contributed by atoms with Gasteiger partial charge in [0.1, 0.15) is 6.61 Å². The van der Waals surface area contributed by atoms with Crippen molar-refractivity contribution in [2.75, 3.05) is 12.4 Å². The summed E-state index contributed by atoms with van der Waals surface area (Å²) >= 11 is 9.10. The van der Waals surface area contributed by atoms with Gasteiger partial charge in [0.15, 0.2) is 27.7 Å². The van der Waals surface area contributed by atoms with Crippen molar-refractivity contribution in [2.45, 2.75) is 30.8 Å². The van der Waals surface area contributed by atoms with E-state index in [9.17, 15) is 4.79 Å². The number of para-hydroxylation sites is 2. The van der Waals surface area contributed by atoms with Gasteiger partial charge in [0.2, 0.25) is 0 Å². The largest absolute Gasteiger partial charge is 0.486 e. The molecule has 1 unspecified atom stereocenters. The molecule has 0 radical (unpaired) electrons. The van der Waals surface area contributed by atoms with Crippen LogP contribution in [-0.4, -0.2) is 33.8 Å². The van der Waals surface area contributed by atoms with Gasteiger partial charge in [0.05, 0.1) is 22.5 Å². The highest BCUT2D eigenvalue weighted by molar-refractivity contribution is 8.01. The second-order valence-corrected chi connectivity index (χ2v) is 10.4. The van der Waals surface area contributed by atoms with Crippen molar-refractivity contribution in [3.63, 3.8) is 0 Å². The van der Waals surface area contributed by atoms with E-state index >= 15 is 0 Å². The highest BCUT2D eigenvalue weighted by atomic mass is 35.5. The van der Waals surface area contributed by atoms with E-state index in [2.05, 4.69) is 9.55 Å². The number of ether oxygens (including phenoxy) is 2. The average Bonchev–Trinajstić information content (AvgIpc) is 3.32. The maximum atomic E-state index is 13.0. The fraction of sp³-hybridized carbons (Fsp3) is 0.250. The maximum absolute atomic E-state index is 13.0. The first kappa shape index (κ1) is 21.4. The van der Waals surface area contributed by atoms with E-state index in [0.29, 0.717) is 23.9 Å². The third-order valence-electron chi connectivity index (χ3n) is 5.48. The van der Waals surface area contributed by atoms with Crippen LogP contribution in [0.4, 0.5) is 0 Å². The summed E-state index contributed by atoms with van der Waals surface area (Å²) in [5.41, 5.74) is 3.60. The lowest BCUT2D eigenvalue weighted by atomic mass is 10.2. The Morgan fingerprint density at radius 3 is 2.88 bits per heavy atom. The molecule has 0 N–H and O–H groups in total. The molecule has 5 nitrogen and oxygen atoms in total. The fourth-order valence-corrected chi connectivity index (χ4v) is 5.97. The molecule has 3 heterocycles. The molecule has 2 aromatic heterocycles. The minimum Gasteiger partial charge on any atom is -0.486 e. The maximum Gasteiger partial charge on any atom is 0.174 e. The SMILES string of the molecule is Cc1cc(C(=O)CSc2nc3cc(Cl)ccc3s2)c(C)n1CC1COc2ccccc2O1. The van der Waals surface area contributed by atoms with Gasteiger partial charge in [-0.1, -0.05) is 35.5 Å². The molecule has 0 amide bonds. The Bertz CT molecular complexity index is 1310. The number of Topliss-reactive ketones (excluding diaryl/α,β-unsaturated/α-hetero) is 1. The summed E-state index contributed by atoms with van der Waals surface area (Å²) in [4.78, 5) is 17.6. The molecule has 0 saturated carbocycles. The summed E-state index contributed by atoms with van der Waals surface area (Å²) in [5.74, 6) is 1.97. The summed E-state index contributed by atoms with van der Waals surface area (Å²) in [5, 5.41) is 0.665. The van der Waals surface area contributed by atoms with Crippen molar-refractivity contribution in [3.05, 3.63) is 70.5 Å². The Labute approximate surface area is 199 Å². The van der Waals surface area contributed by atoms with Crippen LogP contribution in [0.1, 0.15) is 21.7 Å². The first-order valence-electron chi connectivity index (χ1n) is 10.3. The number of aryl methyl sites for hydroxylation is 1. The fourth-order valence-electron chi connectivity index (χ4n) is 3.87. The quantitative estimate of drug-likeness (QED) is 0.241. The molecule has 2 aromatic carbocycles. The number of ketones is 1. The number of carbonyl (C=O) groups excluding carboxylic acids is 1. The zero-order valence-corrected chi connectivity index (χ0v) is 20.0. The molecule has 32 heavy (non-hydrogen) atoms. The number of hydrogen-bond acceptors (Lipinski definition) is 6. The number of benzene rings is 2. The average molecular weight is 485 g/mol. The number of carbonyl (C=O) groups is 1. The summed E-state index contributed by atoms with van der Waals surface area (Å²) in [6, 6.07) is 15.3. The molecule has 0 bridgehead atoms. The van der Waals surface area contributed by atoms with Gasteiger partial charge in [0.25, 0.3) is 0 Å². The Morgan fingerprint density at radius 2 is 2.03 bits per heavy atom. The van der Waals surface area contributed by atoms with Crippen LogP contribution in [-0.2, 0) is 6.54 Å². The second kappa shape index (κ2) is 8.81. The number of thiazole rings is 1. The summed E-state index contributed by atoms with van der Waals surface area (Å²) < 4.78 is 16.0. The lowest BCUT2D eigenvalue weighted by molar-refractivity contribution is 0.0777. The Kier molecular flexibility index (Phi) is 5.88. The first-order chi connectivity index (χ1) is 15.5. The van der Waals surface area contributed by atoms with Crippen molar-refractivity contribution in [2.24, 2.45) is 0 Å². The topological polar surface area (TPSA) is 53.4 Å². The zero-order valence-electron chi connectivity index (χ0n) is 17.6. The van der Waals surface area contributed by atoms with Crippen LogP contribution in [0.25, 0.3) is 10.2 Å². The molecule has 0 saturated heterocycles. The van der Waals surface area contributed by atoms with Crippen molar-refractivity contribution >= 4 is 50.7 Å². The van der Waals surface area contributed by atoms with E-state index in [1.54, 1.807) is 11.3 Å². The van der Waals surface area contributed by atoms with E-state index in [1.165, 1.54) is 11.8 Å². The van der Waals surface area contributed by atoms with Crippen LogP contribution in [0.3, 0.4) is 0 Å². The van der Waals surface area contributed by atoms with Crippen LogP contribution in [0, 0.1) is 13.8 Å². The highest BCUT2D eigenvalue weighted by Crippen LogP contribution is 2.33. The van der Waals surface area contributed by atoms with E-state index in [1.807, 2.05) is 62.4 Å². The predicted octanol–water partition coefficient (Wildman–Crippen LogP) is 6.18. The normalized spacial score (nSPS) is 15.3. The summed E-state index contributed by atoms with van der Waals surface area (Å²) in [6.07, 6.45) is -0.110. The zero-order chi connectivity index (χ0) is 22.2.